The topological polar surface area (TPSA) is 21.3 Å². The first-order chi connectivity index (χ1) is 7.57. The molecular formula is C14H27NO. The second kappa shape index (κ2) is 4.66. The zero-order chi connectivity index (χ0) is 11.8. The van der Waals surface area contributed by atoms with Crippen molar-refractivity contribution in [3.05, 3.63) is 0 Å². The van der Waals surface area contributed by atoms with Crippen LogP contribution in [0.3, 0.4) is 0 Å². The van der Waals surface area contributed by atoms with Gasteiger partial charge in [0, 0.05) is 24.0 Å². The van der Waals surface area contributed by atoms with Gasteiger partial charge < -0.3 is 10.1 Å². The number of nitrogens with one attached hydrogen (secondary N) is 1. The molecule has 1 saturated heterocycles. The zero-order valence-electron chi connectivity index (χ0n) is 11.3. The third-order valence-corrected chi connectivity index (χ3v) is 4.71. The minimum absolute atomic E-state index is 0.332. The molecule has 2 heteroatoms. The van der Waals surface area contributed by atoms with Crippen molar-refractivity contribution >= 4 is 0 Å². The molecule has 2 fully saturated rings. The number of rotatable bonds is 4. The van der Waals surface area contributed by atoms with Gasteiger partial charge in [-0.3, -0.25) is 0 Å². The van der Waals surface area contributed by atoms with Crippen molar-refractivity contribution in [3.8, 4) is 0 Å². The van der Waals surface area contributed by atoms with Gasteiger partial charge >= 0.3 is 0 Å². The summed E-state index contributed by atoms with van der Waals surface area (Å²) in [5.41, 5.74) is 0.332. The van der Waals surface area contributed by atoms with E-state index in [1.807, 2.05) is 0 Å². The standard InChI is InChI=1S/C14H27NO/c1-5-10(2)9-15-12-11-7-6-8-16-13(11)14(12,3)4/h10-13,15H,5-9H2,1-4H3. The van der Waals surface area contributed by atoms with Gasteiger partial charge in [0.1, 0.15) is 0 Å². The molecule has 0 aromatic heterocycles. The van der Waals surface area contributed by atoms with Crippen LogP contribution in [0.1, 0.15) is 47.0 Å². The maximum absolute atomic E-state index is 5.92. The average molecular weight is 225 g/mol. The molecular weight excluding hydrogens is 198 g/mol. The van der Waals surface area contributed by atoms with Crippen molar-refractivity contribution in [1.29, 1.82) is 0 Å². The van der Waals surface area contributed by atoms with E-state index < -0.39 is 0 Å². The Morgan fingerprint density at radius 3 is 2.88 bits per heavy atom. The fourth-order valence-electron chi connectivity index (χ4n) is 3.41. The van der Waals surface area contributed by atoms with E-state index in [0.29, 0.717) is 17.6 Å². The molecule has 2 nitrogen and oxygen atoms in total. The molecule has 0 bridgehead atoms. The molecule has 1 aliphatic carbocycles. The Hall–Kier alpha value is -0.0800. The first-order valence-corrected chi connectivity index (χ1v) is 6.92. The predicted octanol–water partition coefficient (Wildman–Crippen LogP) is 2.83. The van der Waals surface area contributed by atoms with Crippen LogP contribution in [0.25, 0.3) is 0 Å². The third-order valence-electron chi connectivity index (χ3n) is 4.71. The summed E-state index contributed by atoms with van der Waals surface area (Å²) in [4.78, 5) is 0. The van der Waals surface area contributed by atoms with Gasteiger partial charge in [-0.05, 0) is 25.3 Å². The fourth-order valence-corrected chi connectivity index (χ4v) is 3.41. The van der Waals surface area contributed by atoms with E-state index in [1.54, 1.807) is 0 Å². The Morgan fingerprint density at radius 2 is 2.19 bits per heavy atom. The molecule has 0 radical (unpaired) electrons. The molecule has 2 rings (SSSR count). The Balaban J connectivity index is 1.89. The summed E-state index contributed by atoms with van der Waals surface area (Å²) in [7, 11) is 0. The summed E-state index contributed by atoms with van der Waals surface area (Å²) in [6.07, 6.45) is 4.38. The molecule has 0 amide bonds. The first kappa shape index (κ1) is 12.4. The lowest BCUT2D eigenvalue weighted by atomic mass is 9.55. The van der Waals surface area contributed by atoms with Crippen LogP contribution in [-0.2, 0) is 4.74 Å². The molecule has 0 spiro atoms. The van der Waals surface area contributed by atoms with Crippen LogP contribution in [-0.4, -0.2) is 25.3 Å². The maximum Gasteiger partial charge on any atom is 0.0684 e. The van der Waals surface area contributed by atoms with Gasteiger partial charge in [-0.25, -0.2) is 0 Å². The summed E-state index contributed by atoms with van der Waals surface area (Å²) in [6, 6.07) is 0.673. The summed E-state index contributed by atoms with van der Waals surface area (Å²) < 4.78 is 5.92. The molecule has 94 valence electrons. The summed E-state index contributed by atoms with van der Waals surface area (Å²) in [6.45, 7) is 11.4. The van der Waals surface area contributed by atoms with Crippen LogP contribution in [0, 0.1) is 17.3 Å². The maximum atomic E-state index is 5.92. The second-order valence-electron chi connectivity index (χ2n) is 6.32. The molecule has 1 aliphatic heterocycles. The van der Waals surface area contributed by atoms with E-state index in [9.17, 15) is 0 Å². The molecule has 2 aliphatic rings. The molecule has 0 aromatic carbocycles. The number of ether oxygens (including phenoxy) is 1. The van der Waals surface area contributed by atoms with Crippen LogP contribution in [0.15, 0.2) is 0 Å². The summed E-state index contributed by atoms with van der Waals surface area (Å²) >= 11 is 0. The van der Waals surface area contributed by atoms with Crippen molar-refractivity contribution in [1.82, 2.24) is 5.32 Å². The Morgan fingerprint density at radius 1 is 1.44 bits per heavy atom. The highest BCUT2D eigenvalue weighted by Gasteiger charge is 2.57. The van der Waals surface area contributed by atoms with Crippen LogP contribution in [0.4, 0.5) is 0 Å². The predicted molar refractivity (Wildman–Crippen MR) is 67.5 cm³/mol. The van der Waals surface area contributed by atoms with Gasteiger partial charge in [0.25, 0.3) is 0 Å². The van der Waals surface area contributed by atoms with Crippen molar-refractivity contribution in [2.24, 2.45) is 17.3 Å². The van der Waals surface area contributed by atoms with Crippen molar-refractivity contribution in [3.63, 3.8) is 0 Å². The normalized spacial score (nSPS) is 38.6. The fraction of sp³-hybridized carbons (Fsp3) is 1.00. The minimum Gasteiger partial charge on any atom is -0.377 e. The molecule has 1 heterocycles. The summed E-state index contributed by atoms with van der Waals surface area (Å²) in [5, 5.41) is 3.78. The average Bonchev–Trinajstić information content (AvgIpc) is 2.28. The third kappa shape index (κ3) is 2.02. The Labute approximate surface area is 100 Å². The highest BCUT2D eigenvalue weighted by atomic mass is 16.5. The summed E-state index contributed by atoms with van der Waals surface area (Å²) in [5.74, 6) is 1.56. The van der Waals surface area contributed by atoms with Gasteiger partial charge in [-0.1, -0.05) is 34.1 Å². The lowest BCUT2D eigenvalue weighted by molar-refractivity contribution is -0.192. The minimum atomic E-state index is 0.332. The molecule has 1 N–H and O–H groups in total. The van der Waals surface area contributed by atoms with E-state index in [4.69, 9.17) is 4.74 Å². The second-order valence-corrected chi connectivity index (χ2v) is 6.32. The van der Waals surface area contributed by atoms with Gasteiger partial charge in [-0.15, -0.1) is 0 Å². The largest absolute Gasteiger partial charge is 0.377 e. The van der Waals surface area contributed by atoms with E-state index in [-0.39, 0.29) is 0 Å². The van der Waals surface area contributed by atoms with Crippen LogP contribution in [0.2, 0.25) is 0 Å². The first-order valence-electron chi connectivity index (χ1n) is 6.92. The van der Waals surface area contributed by atoms with E-state index in [0.717, 1.165) is 25.0 Å². The lowest BCUT2D eigenvalue weighted by Crippen LogP contribution is -2.69. The number of hydrogen-bond donors (Lipinski definition) is 1. The Kier molecular flexibility index (Phi) is 3.60. The van der Waals surface area contributed by atoms with E-state index in [2.05, 4.69) is 33.0 Å². The zero-order valence-corrected chi connectivity index (χ0v) is 11.3. The monoisotopic (exact) mass is 225 g/mol. The highest BCUT2D eigenvalue weighted by Crippen LogP contribution is 2.51. The van der Waals surface area contributed by atoms with Gasteiger partial charge in [0.15, 0.2) is 0 Å². The Bertz CT molecular complexity index is 239. The van der Waals surface area contributed by atoms with E-state index in [1.165, 1.54) is 19.3 Å². The highest BCUT2D eigenvalue weighted by molar-refractivity contribution is 5.10. The van der Waals surface area contributed by atoms with Gasteiger partial charge in [0.05, 0.1) is 6.10 Å². The molecule has 1 saturated carbocycles. The molecule has 16 heavy (non-hydrogen) atoms. The quantitative estimate of drug-likeness (QED) is 0.794. The van der Waals surface area contributed by atoms with E-state index >= 15 is 0 Å². The van der Waals surface area contributed by atoms with Crippen molar-refractivity contribution in [2.45, 2.75) is 59.1 Å². The molecule has 4 atom stereocenters. The van der Waals surface area contributed by atoms with Crippen LogP contribution >= 0.6 is 0 Å². The van der Waals surface area contributed by atoms with Crippen LogP contribution in [0.5, 0.6) is 0 Å². The number of hydrogen-bond acceptors (Lipinski definition) is 2. The smallest absolute Gasteiger partial charge is 0.0684 e. The van der Waals surface area contributed by atoms with Crippen molar-refractivity contribution < 1.29 is 4.74 Å². The van der Waals surface area contributed by atoms with Gasteiger partial charge in [-0.2, -0.15) is 0 Å². The number of fused-ring (bicyclic) bond motifs is 1. The molecule has 4 unspecified atom stereocenters. The lowest BCUT2D eigenvalue weighted by Gasteiger charge is -2.60. The molecule has 0 aromatic rings. The van der Waals surface area contributed by atoms with Gasteiger partial charge in [0.2, 0.25) is 0 Å². The van der Waals surface area contributed by atoms with Crippen molar-refractivity contribution in [2.75, 3.05) is 13.2 Å². The SMILES string of the molecule is CCC(C)CNC1C2CCCOC2C1(C)C. The van der Waals surface area contributed by atoms with Crippen LogP contribution < -0.4 is 5.32 Å².